The third kappa shape index (κ3) is 5.74. The lowest BCUT2D eigenvalue weighted by molar-refractivity contribution is 0.101. The minimum absolute atomic E-state index is 0.0361. The first-order valence-electron chi connectivity index (χ1n) is 10.5. The number of carbonyl (C=O) groups excluding carboxylic acids is 2. The molecule has 1 aliphatic rings. The van der Waals surface area contributed by atoms with Crippen molar-refractivity contribution >= 4 is 23.4 Å². The topological polar surface area (TPSA) is 78.9 Å². The van der Waals surface area contributed by atoms with E-state index in [2.05, 4.69) is 22.3 Å². The van der Waals surface area contributed by atoms with Crippen LogP contribution in [-0.4, -0.2) is 50.5 Å². The molecule has 3 aromatic rings. The van der Waals surface area contributed by atoms with E-state index in [0.717, 1.165) is 41.2 Å². The molecular formula is C26H28N2O4. The summed E-state index contributed by atoms with van der Waals surface area (Å²) in [6.07, 6.45) is 0.651. The minimum atomic E-state index is 0.0361. The van der Waals surface area contributed by atoms with E-state index in [1.807, 2.05) is 49.5 Å². The molecule has 0 aliphatic carbocycles. The number of aromatic hydroxyl groups is 1. The van der Waals surface area contributed by atoms with E-state index >= 15 is 0 Å². The molecular weight excluding hydrogens is 404 g/mol. The molecule has 1 saturated heterocycles. The number of morpholine rings is 1. The molecule has 2 N–H and O–H groups in total. The summed E-state index contributed by atoms with van der Waals surface area (Å²) in [5.74, 6) is 0.114. The Balaban J connectivity index is 0.000000182. The van der Waals surface area contributed by atoms with Crippen LogP contribution in [0.25, 0.3) is 11.1 Å². The van der Waals surface area contributed by atoms with Gasteiger partial charge in [0.1, 0.15) is 5.75 Å². The molecule has 32 heavy (non-hydrogen) atoms. The van der Waals surface area contributed by atoms with Crippen molar-refractivity contribution in [1.82, 2.24) is 0 Å². The molecule has 3 aromatic carbocycles. The summed E-state index contributed by atoms with van der Waals surface area (Å²) in [7, 11) is 1.83. The van der Waals surface area contributed by atoms with Gasteiger partial charge in [-0.3, -0.25) is 9.59 Å². The summed E-state index contributed by atoms with van der Waals surface area (Å²) in [6.45, 7) is 4.63. The van der Waals surface area contributed by atoms with Crippen LogP contribution in [0.5, 0.6) is 5.75 Å². The fraction of sp³-hybridized carbons (Fsp3) is 0.231. The quantitative estimate of drug-likeness (QED) is 0.452. The molecule has 0 unspecified atom stereocenters. The van der Waals surface area contributed by atoms with E-state index in [-0.39, 0.29) is 11.5 Å². The van der Waals surface area contributed by atoms with Crippen LogP contribution in [0, 0.1) is 0 Å². The van der Waals surface area contributed by atoms with Gasteiger partial charge in [0.25, 0.3) is 0 Å². The van der Waals surface area contributed by atoms with Crippen LogP contribution in [-0.2, 0) is 4.74 Å². The van der Waals surface area contributed by atoms with Crippen LogP contribution in [0.2, 0.25) is 0 Å². The molecule has 1 aliphatic heterocycles. The number of hydrogen-bond acceptors (Lipinski definition) is 6. The largest absolute Gasteiger partial charge is 0.507 e. The van der Waals surface area contributed by atoms with E-state index in [1.165, 1.54) is 0 Å². The Bertz CT molecular complexity index is 1060. The number of phenols is 1. The molecule has 0 radical (unpaired) electrons. The summed E-state index contributed by atoms with van der Waals surface area (Å²) < 4.78 is 5.24. The van der Waals surface area contributed by atoms with Gasteiger partial charge in [-0.1, -0.05) is 36.4 Å². The Morgan fingerprint density at radius 3 is 2.31 bits per heavy atom. The van der Waals surface area contributed by atoms with Crippen molar-refractivity contribution in [1.29, 1.82) is 0 Å². The first-order chi connectivity index (χ1) is 15.5. The lowest BCUT2D eigenvalue weighted by Gasteiger charge is -2.28. The second-order valence-electron chi connectivity index (χ2n) is 7.39. The monoisotopic (exact) mass is 432 g/mol. The van der Waals surface area contributed by atoms with Gasteiger partial charge in [-0.15, -0.1) is 0 Å². The van der Waals surface area contributed by atoms with Gasteiger partial charge in [0.15, 0.2) is 12.1 Å². The standard InChI is InChI=1S/C15H15NO.C11H13NO3/c1-11(17)14-9-8-13(10-15(14)16-2)12-6-4-3-5-7-12;13-8-9-1-2-10(7-11(9)14)12-3-5-15-6-4-12/h3-10,16H,1-2H3;1-2,7-8,14H,3-6H2. The molecule has 166 valence electrons. The van der Waals surface area contributed by atoms with E-state index < -0.39 is 0 Å². The highest BCUT2D eigenvalue weighted by Crippen LogP contribution is 2.26. The number of anilines is 2. The van der Waals surface area contributed by atoms with E-state index in [0.29, 0.717) is 25.1 Å². The van der Waals surface area contributed by atoms with Crippen LogP contribution >= 0.6 is 0 Å². The van der Waals surface area contributed by atoms with Crippen molar-refractivity contribution in [3.8, 4) is 16.9 Å². The molecule has 1 fully saturated rings. The Kier molecular flexibility index (Phi) is 8.00. The van der Waals surface area contributed by atoms with E-state index in [4.69, 9.17) is 4.74 Å². The molecule has 1 heterocycles. The summed E-state index contributed by atoms with van der Waals surface area (Å²) in [5.41, 5.74) is 5.12. The highest BCUT2D eigenvalue weighted by Gasteiger charge is 2.12. The number of rotatable bonds is 5. The third-order valence-corrected chi connectivity index (χ3v) is 5.29. The van der Waals surface area contributed by atoms with Gasteiger partial charge < -0.3 is 20.1 Å². The Morgan fingerprint density at radius 2 is 1.72 bits per heavy atom. The highest BCUT2D eigenvalue weighted by atomic mass is 16.5. The summed E-state index contributed by atoms with van der Waals surface area (Å²) >= 11 is 0. The maximum absolute atomic E-state index is 11.4. The number of nitrogens with one attached hydrogen (secondary N) is 1. The van der Waals surface area contributed by atoms with Crippen LogP contribution in [0.3, 0.4) is 0 Å². The number of ketones is 1. The van der Waals surface area contributed by atoms with E-state index in [9.17, 15) is 14.7 Å². The van der Waals surface area contributed by atoms with Crippen LogP contribution in [0.15, 0.2) is 66.7 Å². The van der Waals surface area contributed by atoms with Crippen LogP contribution in [0.4, 0.5) is 11.4 Å². The van der Waals surface area contributed by atoms with Gasteiger partial charge >= 0.3 is 0 Å². The number of aldehydes is 1. The van der Waals surface area contributed by atoms with Gasteiger partial charge in [-0.25, -0.2) is 0 Å². The number of carbonyl (C=O) groups is 2. The van der Waals surface area contributed by atoms with Gasteiger partial charge in [0.2, 0.25) is 0 Å². The van der Waals surface area contributed by atoms with Crippen molar-refractivity contribution in [2.45, 2.75) is 6.92 Å². The zero-order valence-corrected chi connectivity index (χ0v) is 18.4. The Labute approximate surface area is 188 Å². The van der Waals surface area contributed by atoms with Crippen molar-refractivity contribution in [2.75, 3.05) is 43.6 Å². The maximum Gasteiger partial charge on any atom is 0.161 e. The fourth-order valence-electron chi connectivity index (χ4n) is 3.52. The molecule has 0 atom stereocenters. The second-order valence-corrected chi connectivity index (χ2v) is 7.39. The lowest BCUT2D eigenvalue weighted by atomic mass is 10.0. The van der Waals surface area contributed by atoms with Gasteiger partial charge in [-0.2, -0.15) is 0 Å². The van der Waals surface area contributed by atoms with Crippen molar-refractivity contribution < 1.29 is 19.4 Å². The van der Waals surface area contributed by atoms with Crippen molar-refractivity contribution in [3.05, 3.63) is 77.9 Å². The number of nitrogens with zero attached hydrogens (tertiary/aromatic N) is 1. The zero-order chi connectivity index (χ0) is 22.9. The molecule has 6 heteroatoms. The zero-order valence-electron chi connectivity index (χ0n) is 18.4. The molecule has 0 spiro atoms. The normalized spacial score (nSPS) is 13.0. The highest BCUT2D eigenvalue weighted by molar-refractivity contribution is 6.00. The number of ether oxygens (including phenoxy) is 1. The Hall–Kier alpha value is -3.64. The van der Waals surface area contributed by atoms with Gasteiger partial charge in [0, 0.05) is 43.1 Å². The maximum atomic E-state index is 11.4. The predicted octanol–water partition coefficient (Wildman–Crippen LogP) is 4.64. The summed E-state index contributed by atoms with van der Waals surface area (Å²) in [4.78, 5) is 24.1. The fourth-order valence-corrected chi connectivity index (χ4v) is 3.52. The Morgan fingerprint density at radius 1 is 1.00 bits per heavy atom. The first kappa shape index (κ1) is 23.0. The first-order valence-corrected chi connectivity index (χ1v) is 10.5. The second kappa shape index (κ2) is 11.1. The van der Waals surface area contributed by atoms with E-state index in [1.54, 1.807) is 19.1 Å². The number of hydrogen-bond donors (Lipinski definition) is 2. The number of Topliss-reactive ketones (excluding diaryl/α,β-unsaturated/α-hetero) is 1. The average molecular weight is 433 g/mol. The molecule has 0 bridgehead atoms. The molecule has 0 aromatic heterocycles. The van der Waals surface area contributed by atoms with Crippen LogP contribution in [0.1, 0.15) is 27.6 Å². The number of benzene rings is 3. The average Bonchev–Trinajstić information content (AvgIpc) is 2.85. The molecule has 4 rings (SSSR count). The van der Waals surface area contributed by atoms with Crippen molar-refractivity contribution in [3.63, 3.8) is 0 Å². The molecule has 6 nitrogen and oxygen atoms in total. The summed E-state index contributed by atoms with van der Waals surface area (Å²) in [5, 5.41) is 12.6. The van der Waals surface area contributed by atoms with Crippen LogP contribution < -0.4 is 10.2 Å². The smallest absolute Gasteiger partial charge is 0.161 e. The summed E-state index contributed by atoms with van der Waals surface area (Å²) in [6, 6.07) is 21.1. The lowest BCUT2D eigenvalue weighted by Crippen LogP contribution is -2.36. The molecule has 0 amide bonds. The van der Waals surface area contributed by atoms with Crippen molar-refractivity contribution in [2.24, 2.45) is 0 Å². The molecule has 0 saturated carbocycles. The van der Waals surface area contributed by atoms with Gasteiger partial charge in [0.05, 0.1) is 18.8 Å². The predicted molar refractivity (Wildman–Crippen MR) is 128 cm³/mol. The SMILES string of the molecule is CNc1cc(-c2ccccc2)ccc1C(C)=O.O=Cc1ccc(N2CCOCC2)cc1O. The third-order valence-electron chi connectivity index (χ3n) is 5.29. The van der Waals surface area contributed by atoms with Gasteiger partial charge in [-0.05, 0) is 42.3 Å². The minimum Gasteiger partial charge on any atom is -0.507 e. The number of phenolic OH excluding ortho intramolecular Hbond substituents is 1.